The van der Waals surface area contributed by atoms with Gasteiger partial charge in [0, 0.05) is 31.2 Å². The van der Waals surface area contributed by atoms with E-state index in [1.165, 1.54) is 6.07 Å². The Morgan fingerprint density at radius 2 is 1.96 bits per heavy atom. The molecule has 0 bridgehead atoms. The number of hydrogen-bond donors (Lipinski definition) is 1. The molecule has 2 aliphatic rings. The number of rotatable bonds is 3. The highest BCUT2D eigenvalue weighted by atomic mass is 35.5. The lowest BCUT2D eigenvalue weighted by atomic mass is 9.94. The molecule has 1 N–H and O–H groups in total. The number of hydrogen-bond acceptors (Lipinski definition) is 3. The van der Waals surface area contributed by atoms with Crippen molar-refractivity contribution in [3.8, 4) is 0 Å². The van der Waals surface area contributed by atoms with E-state index in [1.54, 1.807) is 24.5 Å². The molecule has 1 aromatic heterocycles. The topological polar surface area (TPSA) is 36.4 Å². The summed E-state index contributed by atoms with van der Waals surface area (Å²) in [5.41, 5.74) is 1.89. The van der Waals surface area contributed by atoms with Crippen LogP contribution in [-0.4, -0.2) is 23.2 Å². The van der Waals surface area contributed by atoms with Crippen LogP contribution in [0.15, 0.2) is 42.7 Å². The fraction of sp³-hybridized carbons (Fsp3) is 0.421. The highest BCUT2D eigenvalue weighted by Crippen LogP contribution is 2.47. The molecule has 5 heteroatoms. The van der Waals surface area contributed by atoms with Gasteiger partial charge in [0.05, 0.1) is 11.1 Å². The Kier molecular flexibility index (Phi) is 4.19. The number of aromatic nitrogens is 1. The van der Waals surface area contributed by atoms with E-state index in [0.29, 0.717) is 17.8 Å². The van der Waals surface area contributed by atoms with Gasteiger partial charge in [-0.05, 0) is 60.4 Å². The number of halogens is 2. The summed E-state index contributed by atoms with van der Waals surface area (Å²) >= 11 is 5.90. The number of pyridine rings is 1. The summed E-state index contributed by atoms with van der Waals surface area (Å²) < 4.78 is 13.3. The summed E-state index contributed by atoms with van der Waals surface area (Å²) in [6.07, 6.45) is 5.09. The molecule has 1 aliphatic carbocycles. The Hall–Kier alpha value is -1.65. The minimum absolute atomic E-state index is 0.175. The van der Waals surface area contributed by atoms with Gasteiger partial charge in [-0.2, -0.15) is 0 Å². The fourth-order valence-electron chi connectivity index (χ4n) is 4.32. The van der Waals surface area contributed by atoms with Crippen LogP contribution in [0.4, 0.5) is 10.1 Å². The molecule has 126 valence electrons. The van der Waals surface area contributed by atoms with Crippen molar-refractivity contribution in [2.45, 2.75) is 18.9 Å². The lowest BCUT2D eigenvalue weighted by Gasteiger charge is -2.23. The second-order valence-corrected chi connectivity index (χ2v) is 7.39. The Balaban J connectivity index is 1.42. The second-order valence-electron chi connectivity index (χ2n) is 6.99. The SMILES string of the molecule is OC(c1cccnc1)C1CC2CN(c3ccc(F)c(Cl)c3)CC2C1. The molecular formula is C19H20ClFN2O. The molecule has 3 nitrogen and oxygen atoms in total. The maximum atomic E-state index is 13.3. The second kappa shape index (κ2) is 6.34. The van der Waals surface area contributed by atoms with Crippen LogP contribution in [0.5, 0.6) is 0 Å². The zero-order valence-corrected chi connectivity index (χ0v) is 14.0. The van der Waals surface area contributed by atoms with Crippen molar-refractivity contribution in [1.29, 1.82) is 0 Å². The average molecular weight is 347 g/mol. The predicted octanol–water partition coefficient (Wildman–Crippen LogP) is 4.07. The zero-order chi connectivity index (χ0) is 16.7. The largest absolute Gasteiger partial charge is 0.388 e. The van der Waals surface area contributed by atoms with E-state index in [-0.39, 0.29) is 10.8 Å². The highest BCUT2D eigenvalue weighted by molar-refractivity contribution is 6.31. The molecule has 1 aliphatic heterocycles. The summed E-state index contributed by atoms with van der Waals surface area (Å²) in [5, 5.41) is 10.8. The van der Waals surface area contributed by atoms with Gasteiger partial charge < -0.3 is 10.0 Å². The van der Waals surface area contributed by atoms with Crippen molar-refractivity contribution in [3.63, 3.8) is 0 Å². The normalized spacial score (nSPS) is 27.3. The summed E-state index contributed by atoms with van der Waals surface area (Å²) in [5.74, 6) is 1.07. The quantitative estimate of drug-likeness (QED) is 0.910. The van der Waals surface area contributed by atoms with E-state index in [2.05, 4.69) is 9.88 Å². The number of nitrogens with zero attached hydrogens (tertiary/aromatic N) is 2. The maximum Gasteiger partial charge on any atom is 0.141 e. The van der Waals surface area contributed by atoms with Crippen LogP contribution < -0.4 is 4.90 Å². The Morgan fingerprint density at radius 1 is 1.21 bits per heavy atom. The summed E-state index contributed by atoms with van der Waals surface area (Å²) in [4.78, 5) is 6.39. The minimum atomic E-state index is -0.432. The molecule has 2 fully saturated rings. The number of aliphatic hydroxyl groups is 1. The van der Waals surface area contributed by atoms with E-state index in [0.717, 1.165) is 37.2 Å². The monoisotopic (exact) mass is 346 g/mol. The molecule has 4 rings (SSSR count). The minimum Gasteiger partial charge on any atom is -0.388 e. The van der Waals surface area contributed by atoms with Gasteiger partial charge in [0.25, 0.3) is 0 Å². The average Bonchev–Trinajstić information content (AvgIpc) is 3.16. The van der Waals surface area contributed by atoms with Gasteiger partial charge >= 0.3 is 0 Å². The van der Waals surface area contributed by atoms with Crippen LogP contribution in [0.3, 0.4) is 0 Å². The van der Waals surface area contributed by atoms with Crippen molar-refractivity contribution in [3.05, 3.63) is 59.1 Å². The van der Waals surface area contributed by atoms with Gasteiger partial charge in [-0.1, -0.05) is 17.7 Å². The number of anilines is 1. The number of fused-ring (bicyclic) bond motifs is 1. The number of benzene rings is 1. The maximum absolute atomic E-state index is 13.3. The molecule has 3 unspecified atom stereocenters. The molecule has 3 atom stereocenters. The first-order valence-corrected chi connectivity index (χ1v) is 8.77. The Bertz CT molecular complexity index is 713. The van der Waals surface area contributed by atoms with Crippen LogP contribution in [0.2, 0.25) is 5.02 Å². The molecular weight excluding hydrogens is 327 g/mol. The lowest BCUT2D eigenvalue weighted by Crippen LogP contribution is -2.22. The van der Waals surface area contributed by atoms with Crippen molar-refractivity contribution in [1.82, 2.24) is 4.98 Å². The molecule has 24 heavy (non-hydrogen) atoms. The van der Waals surface area contributed by atoms with Gasteiger partial charge in [0.15, 0.2) is 0 Å². The van der Waals surface area contributed by atoms with Gasteiger partial charge in [-0.25, -0.2) is 4.39 Å². The highest BCUT2D eigenvalue weighted by Gasteiger charge is 2.43. The van der Waals surface area contributed by atoms with Crippen LogP contribution >= 0.6 is 11.6 Å². The molecule has 2 heterocycles. The first-order chi connectivity index (χ1) is 11.6. The van der Waals surface area contributed by atoms with E-state index in [1.807, 2.05) is 12.1 Å². The van der Waals surface area contributed by atoms with Crippen molar-refractivity contribution < 1.29 is 9.50 Å². The molecule has 1 saturated heterocycles. The van der Waals surface area contributed by atoms with Gasteiger partial charge in [-0.15, -0.1) is 0 Å². The lowest BCUT2D eigenvalue weighted by molar-refractivity contribution is 0.107. The van der Waals surface area contributed by atoms with Crippen LogP contribution in [0, 0.1) is 23.6 Å². The standard InChI is InChI=1S/C19H20ClFN2O/c20-17-8-16(3-4-18(17)21)23-10-14-6-13(7-15(14)11-23)19(24)12-2-1-5-22-9-12/h1-5,8-9,13-15,19,24H,6-7,10-11H2. The summed E-state index contributed by atoms with van der Waals surface area (Å²) in [6, 6.07) is 8.75. The van der Waals surface area contributed by atoms with Gasteiger partial charge in [-0.3, -0.25) is 4.98 Å². The van der Waals surface area contributed by atoms with Crippen LogP contribution in [0.1, 0.15) is 24.5 Å². The zero-order valence-electron chi connectivity index (χ0n) is 13.3. The van der Waals surface area contributed by atoms with Gasteiger partial charge in [0.2, 0.25) is 0 Å². The fourth-order valence-corrected chi connectivity index (χ4v) is 4.49. The smallest absolute Gasteiger partial charge is 0.141 e. The molecule has 1 aromatic carbocycles. The Morgan fingerprint density at radius 3 is 2.58 bits per heavy atom. The van der Waals surface area contributed by atoms with Crippen molar-refractivity contribution in [2.24, 2.45) is 17.8 Å². The summed E-state index contributed by atoms with van der Waals surface area (Å²) in [7, 11) is 0. The van der Waals surface area contributed by atoms with E-state index >= 15 is 0 Å². The molecule has 2 aromatic rings. The molecule has 0 radical (unpaired) electrons. The van der Waals surface area contributed by atoms with Crippen molar-refractivity contribution >= 4 is 17.3 Å². The number of aliphatic hydroxyl groups excluding tert-OH is 1. The van der Waals surface area contributed by atoms with Crippen LogP contribution in [-0.2, 0) is 0 Å². The first-order valence-electron chi connectivity index (χ1n) is 8.40. The van der Waals surface area contributed by atoms with E-state index < -0.39 is 6.10 Å². The third-order valence-electron chi connectivity index (χ3n) is 5.53. The molecule has 0 spiro atoms. The van der Waals surface area contributed by atoms with Gasteiger partial charge in [0.1, 0.15) is 5.82 Å². The first kappa shape index (κ1) is 15.9. The molecule has 0 amide bonds. The predicted molar refractivity (Wildman–Crippen MR) is 92.5 cm³/mol. The summed E-state index contributed by atoms with van der Waals surface area (Å²) in [6.45, 7) is 1.89. The molecule has 1 saturated carbocycles. The van der Waals surface area contributed by atoms with E-state index in [4.69, 9.17) is 11.6 Å². The van der Waals surface area contributed by atoms with Crippen LogP contribution in [0.25, 0.3) is 0 Å². The third-order valence-corrected chi connectivity index (χ3v) is 5.82. The Labute approximate surface area is 146 Å². The van der Waals surface area contributed by atoms with E-state index in [9.17, 15) is 9.50 Å². The third kappa shape index (κ3) is 2.89. The van der Waals surface area contributed by atoms with Crippen molar-refractivity contribution in [2.75, 3.05) is 18.0 Å².